The lowest BCUT2D eigenvalue weighted by Gasteiger charge is -2.07. The highest BCUT2D eigenvalue weighted by molar-refractivity contribution is 7.89. The van der Waals surface area contributed by atoms with Crippen LogP contribution in [-0.2, 0) is 16.6 Å². The Kier molecular flexibility index (Phi) is 4.19. The molecular formula is C13H11ClFNO2S. The van der Waals surface area contributed by atoms with Crippen LogP contribution < -0.4 is 4.72 Å². The van der Waals surface area contributed by atoms with Crippen LogP contribution in [0.1, 0.15) is 5.56 Å². The number of rotatable bonds is 4. The minimum atomic E-state index is -3.65. The fraction of sp³-hybridized carbons (Fsp3) is 0.0769. The molecule has 2 aromatic carbocycles. The van der Waals surface area contributed by atoms with Gasteiger partial charge in [0.15, 0.2) is 0 Å². The zero-order valence-electron chi connectivity index (χ0n) is 9.81. The molecule has 0 radical (unpaired) electrons. The average Bonchev–Trinajstić information content (AvgIpc) is 2.37. The van der Waals surface area contributed by atoms with Crippen LogP contribution in [0.2, 0.25) is 5.02 Å². The van der Waals surface area contributed by atoms with Crippen LogP contribution in [0, 0.1) is 5.82 Å². The Morgan fingerprint density at radius 2 is 1.79 bits per heavy atom. The summed E-state index contributed by atoms with van der Waals surface area (Å²) in [6.07, 6.45) is 0. The van der Waals surface area contributed by atoms with E-state index in [2.05, 4.69) is 4.72 Å². The standard InChI is InChI=1S/C13H11ClFNO2S/c14-11-3-1-2-10(8-11)9-16-19(17,18)13-6-4-12(15)5-7-13/h1-8,16H,9H2. The molecule has 0 atom stereocenters. The Hall–Kier alpha value is -1.43. The van der Waals surface area contributed by atoms with Gasteiger partial charge < -0.3 is 0 Å². The van der Waals surface area contributed by atoms with E-state index < -0.39 is 15.8 Å². The third-order valence-corrected chi connectivity index (χ3v) is 4.13. The summed E-state index contributed by atoms with van der Waals surface area (Å²) in [4.78, 5) is 0.0240. The number of halogens is 2. The SMILES string of the molecule is O=S(=O)(NCc1cccc(Cl)c1)c1ccc(F)cc1. The number of sulfonamides is 1. The Balaban J connectivity index is 2.12. The fourth-order valence-electron chi connectivity index (χ4n) is 1.52. The van der Waals surface area contributed by atoms with Gasteiger partial charge in [0.1, 0.15) is 5.82 Å². The molecule has 0 spiro atoms. The molecule has 19 heavy (non-hydrogen) atoms. The lowest BCUT2D eigenvalue weighted by Crippen LogP contribution is -2.23. The van der Waals surface area contributed by atoms with Crippen molar-refractivity contribution in [2.45, 2.75) is 11.4 Å². The molecule has 0 bridgehead atoms. The van der Waals surface area contributed by atoms with Gasteiger partial charge in [-0.05, 0) is 42.0 Å². The third-order valence-electron chi connectivity index (χ3n) is 2.48. The van der Waals surface area contributed by atoms with Crippen molar-refractivity contribution >= 4 is 21.6 Å². The Bertz CT molecular complexity index is 671. The smallest absolute Gasteiger partial charge is 0.207 e. The summed E-state index contributed by atoms with van der Waals surface area (Å²) in [6.45, 7) is 0.125. The van der Waals surface area contributed by atoms with Gasteiger partial charge in [0.2, 0.25) is 10.0 Å². The first kappa shape index (κ1) is 14.0. The summed E-state index contributed by atoms with van der Waals surface area (Å²) in [5.41, 5.74) is 0.748. The van der Waals surface area contributed by atoms with Gasteiger partial charge in [0.25, 0.3) is 0 Å². The summed E-state index contributed by atoms with van der Waals surface area (Å²) >= 11 is 5.81. The van der Waals surface area contributed by atoms with Gasteiger partial charge >= 0.3 is 0 Å². The first-order chi connectivity index (χ1) is 8.97. The van der Waals surface area contributed by atoms with E-state index in [4.69, 9.17) is 11.6 Å². The summed E-state index contributed by atoms with van der Waals surface area (Å²) < 4.78 is 39.0. The van der Waals surface area contributed by atoms with Crippen molar-refractivity contribution in [2.75, 3.05) is 0 Å². The second-order valence-corrected chi connectivity index (χ2v) is 6.11. The van der Waals surface area contributed by atoms with E-state index in [0.717, 1.165) is 17.7 Å². The molecule has 0 aliphatic heterocycles. The zero-order valence-corrected chi connectivity index (χ0v) is 11.4. The highest BCUT2D eigenvalue weighted by Gasteiger charge is 2.13. The molecule has 3 nitrogen and oxygen atoms in total. The fourth-order valence-corrected chi connectivity index (χ4v) is 2.75. The molecule has 0 unspecified atom stereocenters. The molecule has 0 fully saturated rings. The first-order valence-corrected chi connectivity index (χ1v) is 7.33. The van der Waals surface area contributed by atoms with E-state index in [1.807, 2.05) is 0 Å². The van der Waals surface area contributed by atoms with Gasteiger partial charge in [-0.15, -0.1) is 0 Å². The maximum absolute atomic E-state index is 12.7. The van der Waals surface area contributed by atoms with Crippen LogP contribution in [0.25, 0.3) is 0 Å². The Morgan fingerprint density at radius 1 is 1.11 bits per heavy atom. The molecule has 0 aliphatic rings. The van der Waals surface area contributed by atoms with Gasteiger partial charge in [-0.3, -0.25) is 0 Å². The van der Waals surface area contributed by atoms with E-state index >= 15 is 0 Å². The molecule has 0 aliphatic carbocycles. The zero-order chi connectivity index (χ0) is 13.9. The van der Waals surface area contributed by atoms with Gasteiger partial charge in [-0.2, -0.15) is 0 Å². The van der Waals surface area contributed by atoms with Gasteiger partial charge in [0, 0.05) is 11.6 Å². The van der Waals surface area contributed by atoms with E-state index in [1.165, 1.54) is 12.1 Å². The molecule has 1 N–H and O–H groups in total. The van der Waals surface area contributed by atoms with Crippen LogP contribution >= 0.6 is 11.6 Å². The van der Waals surface area contributed by atoms with E-state index in [0.29, 0.717) is 5.02 Å². The first-order valence-electron chi connectivity index (χ1n) is 5.47. The van der Waals surface area contributed by atoms with Crippen molar-refractivity contribution in [3.8, 4) is 0 Å². The van der Waals surface area contributed by atoms with E-state index in [-0.39, 0.29) is 11.4 Å². The van der Waals surface area contributed by atoms with Gasteiger partial charge in [-0.25, -0.2) is 17.5 Å². The minimum absolute atomic E-state index is 0.0240. The molecular weight excluding hydrogens is 289 g/mol. The summed E-state index contributed by atoms with van der Waals surface area (Å²) in [7, 11) is -3.65. The molecule has 0 saturated carbocycles. The van der Waals surface area contributed by atoms with E-state index in [9.17, 15) is 12.8 Å². The highest BCUT2D eigenvalue weighted by atomic mass is 35.5. The number of benzene rings is 2. The summed E-state index contributed by atoms with van der Waals surface area (Å²) in [5, 5.41) is 0.540. The quantitative estimate of drug-likeness (QED) is 0.943. The van der Waals surface area contributed by atoms with Crippen molar-refractivity contribution in [1.82, 2.24) is 4.72 Å². The molecule has 6 heteroatoms. The molecule has 0 heterocycles. The predicted octanol–water partition coefficient (Wildman–Crippen LogP) is 2.96. The molecule has 2 aromatic rings. The molecule has 2 rings (SSSR count). The van der Waals surface area contributed by atoms with Crippen molar-refractivity contribution in [3.05, 3.63) is 64.9 Å². The molecule has 0 aromatic heterocycles. The molecule has 0 amide bonds. The van der Waals surface area contributed by atoms with Crippen molar-refractivity contribution in [3.63, 3.8) is 0 Å². The Morgan fingerprint density at radius 3 is 2.42 bits per heavy atom. The van der Waals surface area contributed by atoms with Crippen LogP contribution in [0.3, 0.4) is 0 Å². The van der Waals surface area contributed by atoms with E-state index in [1.54, 1.807) is 24.3 Å². The average molecular weight is 300 g/mol. The minimum Gasteiger partial charge on any atom is -0.207 e. The number of hydrogen-bond donors (Lipinski definition) is 1. The Labute approximate surface area is 116 Å². The highest BCUT2D eigenvalue weighted by Crippen LogP contribution is 2.13. The van der Waals surface area contributed by atoms with Crippen molar-refractivity contribution < 1.29 is 12.8 Å². The maximum atomic E-state index is 12.7. The largest absolute Gasteiger partial charge is 0.240 e. The normalized spacial score (nSPS) is 11.5. The van der Waals surface area contributed by atoms with Crippen molar-refractivity contribution in [2.24, 2.45) is 0 Å². The predicted molar refractivity (Wildman–Crippen MR) is 71.9 cm³/mol. The lowest BCUT2D eigenvalue weighted by atomic mass is 10.2. The van der Waals surface area contributed by atoms with Gasteiger partial charge in [-0.1, -0.05) is 23.7 Å². The second-order valence-electron chi connectivity index (χ2n) is 3.91. The van der Waals surface area contributed by atoms with Crippen LogP contribution in [0.5, 0.6) is 0 Å². The number of nitrogens with one attached hydrogen (secondary N) is 1. The monoisotopic (exact) mass is 299 g/mol. The van der Waals surface area contributed by atoms with Crippen molar-refractivity contribution in [1.29, 1.82) is 0 Å². The van der Waals surface area contributed by atoms with Crippen LogP contribution in [0.4, 0.5) is 4.39 Å². The molecule has 0 saturated heterocycles. The second kappa shape index (κ2) is 5.69. The number of hydrogen-bond acceptors (Lipinski definition) is 2. The van der Waals surface area contributed by atoms with Gasteiger partial charge in [0.05, 0.1) is 4.90 Å². The summed E-state index contributed by atoms with van der Waals surface area (Å²) in [6, 6.07) is 11.5. The maximum Gasteiger partial charge on any atom is 0.240 e. The molecule has 100 valence electrons. The van der Waals surface area contributed by atoms with Crippen LogP contribution in [0.15, 0.2) is 53.4 Å². The lowest BCUT2D eigenvalue weighted by molar-refractivity contribution is 0.580. The van der Waals surface area contributed by atoms with Crippen LogP contribution in [-0.4, -0.2) is 8.42 Å². The third kappa shape index (κ3) is 3.76. The topological polar surface area (TPSA) is 46.2 Å². The summed E-state index contributed by atoms with van der Waals surface area (Å²) in [5.74, 6) is -0.478.